The minimum atomic E-state index is -0.443. The number of nitrogens with one attached hydrogen (secondary N) is 1. The molecule has 1 N–H and O–H groups in total. The van der Waals surface area contributed by atoms with Gasteiger partial charge in [-0.1, -0.05) is 36.2 Å². The predicted octanol–water partition coefficient (Wildman–Crippen LogP) is 4.05. The van der Waals surface area contributed by atoms with Crippen LogP contribution in [0.5, 0.6) is 0 Å². The molecule has 1 aromatic carbocycles. The number of nitrogens with zero attached hydrogens (tertiary/aromatic N) is 2. The summed E-state index contributed by atoms with van der Waals surface area (Å²) in [6, 6.07) is 4.52. The third-order valence-electron chi connectivity index (χ3n) is 3.11. The number of hydrogen-bond donors (Lipinski definition) is 1. The van der Waals surface area contributed by atoms with E-state index in [1.165, 1.54) is 6.07 Å². The summed E-state index contributed by atoms with van der Waals surface area (Å²) in [6.45, 7) is 2.83. The predicted molar refractivity (Wildman–Crippen MR) is 79.8 cm³/mol. The molecule has 1 heterocycles. The Balaban J connectivity index is 2.46. The molecule has 3 nitrogen and oxygen atoms in total. The van der Waals surface area contributed by atoms with Crippen LogP contribution in [-0.2, 0) is 6.54 Å². The van der Waals surface area contributed by atoms with E-state index in [0.717, 1.165) is 24.2 Å². The van der Waals surface area contributed by atoms with Gasteiger partial charge in [-0.3, -0.25) is 4.68 Å². The molecule has 0 bridgehead atoms. The molecule has 108 valence electrons. The van der Waals surface area contributed by atoms with Gasteiger partial charge in [-0.2, -0.15) is 5.10 Å². The van der Waals surface area contributed by atoms with Crippen LogP contribution < -0.4 is 5.32 Å². The van der Waals surface area contributed by atoms with Gasteiger partial charge >= 0.3 is 0 Å². The standard InChI is InChI=1S/C14H16Cl2FN3/c1-3-6-20-14(11(16)8-19-20)13(18-2)9-4-5-10(15)12(17)7-9/h4-5,7-8,13,18H,3,6H2,1-2H3. The number of hydrogen-bond acceptors (Lipinski definition) is 2. The van der Waals surface area contributed by atoms with Crippen LogP contribution in [0.3, 0.4) is 0 Å². The Kier molecular flexibility index (Phi) is 5.02. The van der Waals surface area contributed by atoms with Gasteiger partial charge in [0.25, 0.3) is 0 Å². The fourth-order valence-electron chi connectivity index (χ4n) is 2.20. The van der Waals surface area contributed by atoms with Crippen LogP contribution in [0, 0.1) is 5.82 Å². The Morgan fingerprint density at radius 2 is 2.10 bits per heavy atom. The summed E-state index contributed by atoms with van der Waals surface area (Å²) >= 11 is 12.0. The van der Waals surface area contributed by atoms with Gasteiger partial charge in [0.1, 0.15) is 5.82 Å². The van der Waals surface area contributed by atoms with Crippen molar-refractivity contribution in [3.05, 3.63) is 51.5 Å². The number of halogens is 3. The van der Waals surface area contributed by atoms with Crippen molar-refractivity contribution in [2.45, 2.75) is 25.9 Å². The molecule has 1 atom stereocenters. The number of benzene rings is 1. The van der Waals surface area contributed by atoms with Crippen LogP contribution in [0.15, 0.2) is 24.4 Å². The largest absolute Gasteiger partial charge is 0.308 e. The van der Waals surface area contributed by atoms with Crippen molar-refractivity contribution in [3.8, 4) is 0 Å². The average Bonchev–Trinajstić information content (AvgIpc) is 2.77. The van der Waals surface area contributed by atoms with Crippen molar-refractivity contribution in [2.75, 3.05) is 7.05 Å². The topological polar surface area (TPSA) is 29.9 Å². The van der Waals surface area contributed by atoms with Crippen molar-refractivity contribution in [2.24, 2.45) is 0 Å². The Hall–Kier alpha value is -1.10. The van der Waals surface area contributed by atoms with Gasteiger partial charge < -0.3 is 5.32 Å². The lowest BCUT2D eigenvalue weighted by atomic mass is 10.0. The molecule has 0 radical (unpaired) electrons. The van der Waals surface area contributed by atoms with Crippen LogP contribution in [0.1, 0.15) is 30.6 Å². The Labute approximate surface area is 127 Å². The third kappa shape index (κ3) is 2.97. The molecule has 0 amide bonds. The summed E-state index contributed by atoms with van der Waals surface area (Å²) in [5.74, 6) is -0.443. The molecule has 1 aromatic heterocycles. The molecule has 2 rings (SSSR count). The van der Waals surface area contributed by atoms with Gasteiger partial charge in [-0.25, -0.2) is 4.39 Å². The molecule has 0 aliphatic heterocycles. The fourth-order valence-corrected chi connectivity index (χ4v) is 2.57. The van der Waals surface area contributed by atoms with Gasteiger partial charge in [-0.05, 0) is 31.2 Å². The molecule has 0 aliphatic carbocycles. The van der Waals surface area contributed by atoms with Gasteiger partial charge in [0.15, 0.2) is 0 Å². The third-order valence-corrected chi connectivity index (χ3v) is 3.71. The highest BCUT2D eigenvalue weighted by atomic mass is 35.5. The van der Waals surface area contributed by atoms with E-state index >= 15 is 0 Å². The summed E-state index contributed by atoms with van der Waals surface area (Å²) < 4.78 is 15.5. The van der Waals surface area contributed by atoms with Crippen LogP contribution in [0.25, 0.3) is 0 Å². The summed E-state index contributed by atoms with van der Waals surface area (Å²) in [6.07, 6.45) is 2.56. The highest BCUT2D eigenvalue weighted by Gasteiger charge is 2.21. The molecule has 0 saturated heterocycles. The second kappa shape index (κ2) is 6.57. The first-order valence-corrected chi connectivity index (χ1v) is 7.17. The normalized spacial score (nSPS) is 12.7. The van der Waals surface area contributed by atoms with Crippen LogP contribution in [-0.4, -0.2) is 16.8 Å². The number of aryl methyl sites for hydroxylation is 1. The Morgan fingerprint density at radius 3 is 2.70 bits per heavy atom. The van der Waals surface area contributed by atoms with E-state index in [4.69, 9.17) is 23.2 Å². The van der Waals surface area contributed by atoms with Crippen molar-refractivity contribution in [1.29, 1.82) is 0 Å². The molecule has 1 unspecified atom stereocenters. The monoisotopic (exact) mass is 315 g/mol. The van der Waals surface area contributed by atoms with Crippen molar-refractivity contribution in [3.63, 3.8) is 0 Å². The van der Waals surface area contributed by atoms with Crippen molar-refractivity contribution in [1.82, 2.24) is 15.1 Å². The Bertz CT molecular complexity index is 598. The molecular weight excluding hydrogens is 300 g/mol. The molecule has 0 spiro atoms. The SMILES string of the molecule is CCCn1ncc(Cl)c1C(NC)c1ccc(Cl)c(F)c1. The second-order valence-corrected chi connectivity index (χ2v) is 5.31. The van der Waals surface area contributed by atoms with Gasteiger partial charge in [0, 0.05) is 6.54 Å². The van der Waals surface area contributed by atoms with Gasteiger partial charge in [0.05, 0.1) is 28.0 Å². The zero-order valence-electron chi connectivity index (χ0n) is 11.3. The summed E-state index contributed by atoms with van der Waals surface area (Å²) in [7, 11) is 1.80. The lowest BCUT2D eigenvalue weighted by molar-refractivity contribution is 0.532. The molecule has 0 saturated carbocycles. The maximum atomic E-state index is 13.7. The molecule has 2 aromatic rings. The first kappa shape index (κ1) is 15.3. The fraction of sp³-hybridized carbons (Fsp3) is 0.357. The maximum Gasteiger partial charge on any atom is 0.142 e. The van der Waals surface area contributed by atoms with Crippen molar-refractivity contribution < 1.29 is 4.39 Å². The highest BCUT2D eigenvalue weighted by Crippen LogP contribution is 2.30. The molecule has 0 fully saturated rings. The van der Waals surface area contributed by atoms with E-state index in [0.29, 0.717) is 5.02 Å². The van der Waals surface area contributed by atoms with Crippen molar-refractivity contribution >= 4 is 23.2 Å². The molecular formula is C14H16Cl2FN3. The number of aromatic nitrogens is 2. The minimum absolute atomic E-state index is 0.108. The summed E-state index contributed by atoms with van der Waals surface area (Å²) in [5.41, 5.74) is 1.59. The quantitative estimate of drug-likeness (QED) is 0.902. The number of rotatable bonds is 5. The maximum absolute atomic E-state index is 13.7. The first-order chi connectivity index (χ1) is 9.58. The second-order valence-electron chi connectivity index (χ2n) is 4.50. The van der Waals surface area contributed by atoms with E-state index in [1.54, 1.807) is 25.4 Å². The highest BCUT2D eigenvalue weighted by molar-refractivity contribution is 6.31. The van der Waals surface area contributed by atoms with Crippen LogP contribution in [0.4, 0.5) is 4.39 Å². The lowest BCUT2D eigenvalue weighted by Crippen LogP contribution is -2.22. The van der Waals surface area contributed by atoms with E-state index in [-0.39, 0.29) is 11.1 Å². The molecule has 0 aliphatic rings. The van der Waals surface area contributed by atoms with Crippen LogP contribution >= 0.6 is 23.2 Å². The van der Waals surface area contributed by atoms with Gasteiger partial charge in [-0.15, -0.1) is 0 Å². The lowest BCUT2D eigenvalue weighted by Gasteiger charge is -2.19. The summed E-state index contributed by atoms with van der Waals surface area (Å²) in [4.78, 5) is 0. The smallest absolute Gasteiger partial charge is 0.142 e. The van der Waals surface area contributed by atoms with E-state index in [2.05, 4.69) is 17.3 Å². The van der Waals surface area contributed by atoms with E-state index in [1.807, 2.05) is 4.68 Å². The van der Waals surface area contributed by atoms with Gasteiger partial charge in [0.2, 0.25) is 0 Å². The molecule has 20 heavy (non-hydrogen) atoms. The van der Waals surface area contributed by atoms with E-state index in [9.17, 15) is 4.39 Å². The summed E-state index contributed by atoms with van der Waals surface area (Å²) in [5, 5.41) is 8.09. The average molecular weight is 316 g/mol. The molecule has 6 heteroatoms. The first-order valence-electron chi connectivity index (χ1n) is 6.41. The minimum Gasteiger partial charge on any atom is -0.308 e. The Morgan fingerprint density at radius 1 is 1.35 bits per heavy atom. The van der Waals surface area contributed by atoms with E-state index < -0.39 is 5.82 Å². The van der Waals surface area contributed by atoms with Crippen LogP contribution in [0.2, 0.25) is 10.0 Å². The zero-order chi connectivity index (χ0) is 14.7. The zero-order valence-corrected chi connectivity index (χ0v) is 12.8.